The lowest BCUT2D eigenvalue weighted by Gasteiger charge is -2.05. The van der Waals surface area contributed by atoms with Crippen LogP contribution in [0.3, 0.4) is 0 Å². The highest BCUT2D eigenvalue weighted by Crippen LogP contribution is 2.27. The van der Waals surface area contributed by atoms with Gasteiger partial charge in [-0.15, -0.1) is 0 Å². The van der Waals surface area contributed by atoms with Crippen molar-refractivity contribution in [3.8, 4) is 11.4 Å². The van der Waals surface area contributed by atoms with Crippen LogP contribution in [-0.2, 0) is 0 Å². The van der Waals surface area contributed by atoms with Gasteiger partial charge in [-0.2, -0.15) is 0 Å². The summed E-state index contributed by atoms with van der Waals surface area (Å²) in [5.74, 6) is 0.291. The topological polar surface area (TPSA) is 70.2 Å². The van der Waals surface area contributed by atoms with Crippen molar-refractivity contribution in [2.24, 2.45) is 0 Å². The molecular weight excluding hydrogens is 246 g/mol. The van der Waals surface area contributed by atoms with Gasteiger partial charge in [0.2, 0.25) is 6.33 Å². The highest BCUT2D eigenvalue weighted by molar-refractivity contribution is 6.32. The van der Waals surface area contributed by atoms with Crippen molar-refractivity contribution < 1.29 is 9.66 Å². The average molecular weight is 254 g/mol. The van der Waals surface area contributed by atoms with E-state index in [0.29, 0.717) is 16.5 Å². The second kappa shape index (κ2) is 4.42. The molecule has 0 amide bonds. The summed E-state index contributed by atoms with van der Waals surface area (Å²) in [5.41, 5.74) is 0.687. The van der Waals surface area contributed by atoms with Crippen molar-refractivity contribution in [3.63, 3.8) is 0 Å². The highest BCUT2D eigenvalue weighted by Gasteiger charge is 2.11. The lowest BCUT2D eigenvalue weighted by Crippen LogP contribution is -1.92. The molecule has 0 bridgehead atoms. The third-order valence-corrected chi connectivity index (χ3v) is 2.50. The molecule has 1 aromatic carbocycles. The molecule has 2 rings (SSSR count). The predicted octanol–water partition coefficient (Wildman–Crippen LogP) is 2.44. The summed E-state index contributed by atoms with van der Waals surface area (Å²) >= 11 is 5.88. The number of rotatable bonds is 3. The van der Waals surface area contributed by atoms with Crippen LogP contribution < -0.4 is 4.74 Å². The molecule has 0 spiro atoms. The summed E-state index contributed by atoms with van der Waals surface area (Å²) < 4.78 is 6.59. The predicted molar refractivity (Wildman–Crippen MR) is 61.8 cm³/mol. The molecule has 0 aliphatic carbocycles. The van der Waals surface area contributed by atoms with E-state index < -0.39 is 4.92 Å². The summed E-state index contributed by atoms with van der Waals surface area (Å²) in [4.78, 5) is 13.6. The van der Waals surface area contributed by atoms with Crippen LogP contribution in [0.1, 0.15) is 0 Å². The fourth-order valence-corrected chi connectivity index (χ4v) is 1.55. The van der Waals surface area contributed by atoms with Crippen molar-refractivity contribution in [1.29, 1.82) is 0 Å². The van der Waals surface area contributed by atoms with Gasteiger partial charge in [-0.05, 0) is 22.0 Å². The molecule has 0 aliphatic heterocycles. The number of halogens is 1. The Bertz CT molecular complexity index is 568. The van der Waals surface area contributed by atoms with Gasteiger partial charge in [0.05, 0.1) is 17.8 Å². The summed E-state index contributed by atoms with van der Waals surface area (Å²) in [6.45, 7) is 0. The molecule has 0 saturated carbocycles. The minimum absolute atomic E-state index is 0.209. The van der Waals surface area contributed by atoms with Crippen LogP contribution in [0, 0.1) is 10.1 Å². The van der Waals surface area contributed by atoms with Crippen molar-refractivity contribution in [3.05, 3.63) is 45.9 Å². The second-order valence-corrected chi connectivity index (χ2v) is 3.62. The quantitative estimate of drug-likeness (QED) is 0.622. The highest BCUT2D eigenvalue weighted by atomic mass is 35.5. The standard InChI is InChI=1S/C10H8ClN3O3/c1-17-9-4-7(2-3-8(9)11)13-5-10(12-6-13)14(15)16/h2-6H,1H3. The van der Waals surface area contributed by atoms with Crippen LogP contribution in [0.2, 0.25) is 5.02 Å². The maximum atomic E-state index is 10.5. The molecule has 88 valence electrons. The Morgan fingerprint density at radius 1 is 1.53 bits per heavy atom. The van der Waals surface area contributed by atoms with Crippen LogP contribution >= 0.6 is 11.6 Å². The smallest absolute Gasteiger partial charge is 0.381 e. The zero-order valence-electron chi connectivity index (χ0n) is 8.83. The number of nitro groups is 1. The molecule has 2 aromatic rings. The summed E-state index contributed by atoms with van der Waals surface area (Å²) in [5, 5.41) is 11.0. The number of methoxy groups -OCH3 is 1. The number of hydrogen-bond acceptors (Lipinski definition) is 4. The molecule has 0 saturated heterocycles. The first-order valence-electron chi connectivity index (χ1n) is 4.64. The minimum Gasteiger partial charge on any atom is -0.495 e. The van der Waals surface area contributed by atoms with Gasteiger partial charge in [-0.25, -0.2) is 0 Å². The first-order valence-corrected chi connectivity index (χ1v) is 5.02. The van der Waals surface area contributed by atoms with Crippen LogP contribution in [0.15, 0.2) is 30.7 Å². The number of ether oxygens (including phenoxy) is 1. The maximum Gasteiger partial charge on any atom is 0.381 e. The summed E-state index contributed by atoms with van der Waals surface area (Å²) in [6.07, 6.45) is 2.68. The van der Waals surface area contributed by atoms with Crippen molar-refractivity contribution in [2.75, 3.05) is 7.11 Å². The zero-order valence-corrected chi connectivity index (χ0v) is 9.59. The molecule has 17 heavy (non-hydrogen) atoms. The van der Waals surface area contributed by atoms with E-state index in [-0.39, 0.29) is 5.82 Å². The fraction of sp³-hybridized carbons (Fsp3) is 0.100. The van der Waals surface area contributed by atoms with Crippen LogP contribution in [0.5, 0.6) is 5.75 Å². The van der Waals surface area contributed by atoms with Crippen molar-refractivity contribution >= 4 is 17.4 Å². The molecule has 6 nitrogen and oxygen atoms in total. The van der Waals surface area contributed by atoms with Gasteiger partial charge in [-0.3, -0.25) is 4.57 Å². The number of imidazole rings is 1. The molecule has 0 atom stereocenters. The van der Waals surface area contributed by atoms with Gasteiger partial charge in [0.1, 0.15) is 11.9 Å². The van der Waals surface area contributed by atoms with Crippen molar-refractivity contribution in [2.45, 2.75) is 0 Å². The van der Waals surface area contributed by atoms with Gasteiger partial charge >= 0.3 is 5.82 Å². The molecule has 0 aliphatic rings. The Hall–Kier alpha value is -2.08. The number of benzene rings is 1. The SMILES string of the molecule is COc1cc(-n2cnc([N+](=O)[O-])c2)ccc1Cl. The normalized spacial score (nSPS) is 10.2. The summed E-state index contributed by atoms with van der Waals surface area (Å²) in [7, 11) is 1.50. The number of hydrogen-bond donors (Lipinski definition) is 0. The van der Waals surface area contributed by atoms with E-state index in [1.807, 2.05) is 0 Å². The molecule has 0 radical (unpaired) electrons. The fourth-order valence-electron chi connectivity index (χ4n) is 1.36. The minimum atomic E-state index is -0.552. The van der Waals surface area contributed by atoms with Crippen LogP contribution in [-0.4, -0.2) is 21.6 Å². The van der Waals surface area contributed by atoms with E-state index in [2.05, 4.69) is 4.98 Å². The van der Waals surface area contributed by atoms with Gasteiger partial charge in [0.15, 0.2) is 0 Å². The first-order chi connectivity index (χ1) is 8.11. The molecule has 1 aromatic heterocycles. The Balaban J connectivity index is 2.42. The third-order valence-electron chi connectivity index (χ3n) is 2.19. The van der Waals surface area contributed by atoms with Gasteiger partial charge in [0.25, 0.3) is 0 Å². The Kier molecular flexibility index (Phi) is 2.97. The van der Waals surface area contributed by atoms with E-state index in [4.69, 9.17) is 16.3 Å². The van der Waals surface area contributed by atoms with Crippen molar-refractivity contribution in [1.82, 2.24) is 9.55 Å². The van der Waals surface area contributed by atoms with E-state index in [9.17, 15) is 10.1 Å². The van der Waals surface area contributed by atoms with Gasteiger partial charge < -0.3 is 14.9 Å². The molecule has 1 heterocycles. The average Bonchev–Trinajstić information content (AvgIpc) is 2.79. The Morgan fingerprint density at radius 2 is 2.29 bits per heavy atom. The maximum absolute atomic E-state index is 10.5. The van der Waals surface area contributed by atoms with E-state index in [1.54, 1.807) is 18.2 Å². The third kappa shape index (κ3) is 2.21. The summed E-state index contributed by atoms with van der Waals surface area (Å²) in [6, 6.07) is 5.05. The van der Waals surface area contributed by atoms with Gasteiger partial charge in [0, 0.05) is 6.07 Å². The van der Waals surface area contributed by atoms with E-state index in [0.717, 1.165) is 0 Å². The Morgan fingerprint density at radius 3 is 2.88 bits per heavy atom. The largest absolute Gasteiger partial charge is 0.495 e. The van der Waals surface area contributed by atoms with Crippen LogP contribution in [0.25, 0.3) is 5.69 Å². The first kappa shape index (κ1) is 11.4. The number of aromatic nitrogens is 2. The number of nitrogens with zero attached hydrogens (tertiary/aromatic N) is 3. The van der Waals surface area contributed by atoms with Crippen LogP contribution in [0.4, 0.5) is 5.82 Å². The molecule has 7 heteroatoms. The van der Waals surface area contributed by atoms with E-state index >= 15 is 0 Å². The van der Waals surface area contributed by atoms with Gasteiger partial charge in [-0.1, -0.05) is 11.6 Å². The van der Waals surface area contributed by atoms with E-state index in [1.165, 1.54) is 24.2 Å². The second-order valence-electron chi connectivity index (χ2n) is 3.22. The molecule has 0 fully saturated rings. The molecule has 0 unspecified atom stereocenters. The lowest BCUT2D eigenvalue weighted by molar-refractivity contribution is -0.389. The Labute approximate surface area is 102 Å². The molecular formula is C10H8ClN3O3. The molecule has 0 N–H and O–H groups in total. The zero-order chi connectivity index (χ0) is 12.4. The monoisotopic (exact) mass is 253 g/mol. The lowest BCUT2D eigenvalue weighted by atomic mass is 10.3.